The van der Waals surface area contributed by atoms with Crippen LogP contribution in [-0.4, -0.2) is 27.9 Å². The number of nitrogens with one attached hydrogen (secondary N) is 1. The van der Waals surface area contributed by atoms with Crippen molar-refractivity contribution in [3.63, 3.8) is 0 Å². The van der Waals surface area contributed by atoms with Gasteiger partial charge in [0, 0.05) is 12.1 Å². The lowest BCUT2D eigenvalue weighted by atomic mass is 10.2. The van der Waals surface area contributed by atoms with Gasteiger partial charge in [0.1, 0.15) is 5.75 Å². The fourth-order valence-electron chi connectivity index (χ4n) is 1.51. The Balaban J connectivity index is 1.84. The quantitative estimate of drug-likeness (QED) is 0.846. The molecule has 18 heavy (non-hydrogen) atoms. The summed E-state index contributed by atoms with van der Waals surface area (Å²) in [6.07, 6.45) is 0.591. The molecule has 0 unspecified atom stereocenters. The maximum absolute atomic E-state index is 10.6. The molecule has 1 aromatic heterocycles. The highest BCUT2D eigenvalue weighted by molar-refractivity contribution is 5.85. The van der Waals surface area contributed by atoms with E-state index < -0.39 is 5.97 Å². The van der Waals surface area contributed by atoms with Gasteiger partial charge in [0.05, 0.1) is 6.61 Å². The molecule has 2 rings (SSSR count). The van der Waals surface area contributed by atoms with Crippen LogP contribution in [0, 0.1) is 6.92 Å². The van der Waals surface area contributed by atoms with Gasteiger partial charge in [0.15, 0.2) is 5.69 Å². The second kappa shape index (κ2) is 5.35. The molecule has 1 heterocycles. The van der Waals surface area contributed by atoms with Crippen LogP contribution in [0.3, 0.4) is 0 Å². The summed E-state index contributed by atoms with van der Waals surface area (Å²) in [6, 6.07) is 9.29. The minimum absolute atomic E-state index is 0.0281. The molecule has 0 fully saturated rings. The zero-order valence-corrected chi connectivity index (χ0v) is 10.0. The molecule has 0 amide bonds. The predicted molar refractivity (Wildman–Crippen MR) is 65.9 cm³/mol. The van der Waals surface area contributed by atoms with Crippen molar-refractivity contribution in [1.29, 1.82) is 0 Å². The molecule has 0 saturated carbocycles. The molecule has 5 nitrogen and oxygen atoms in total. The largest absolute Gasteiger partial charge is 0.493 e. The smallest absolute Gasteiger partial charge is 0.356 e. The number of aromatic nitrogens is 2. The molecular formula is C13H14N2O3. The first-order valence-electron chi connectivity index (χ1n) is 5.62. The average molecular weight is 246 g/mol. The highest BCUT2D eigenvalue weighted by Gasteiger charge is 2.07. The summed E-state index contributed by atoms with van der Waals surface area (Å²) in [6.45, 7) is 2.49. The van der Waals surface area contributed by atoms with Crippen molar-refractivity contribution in [3.05, 3.63) is 47.3 Å². The van der Waals surface area contributed by atoms with E-state index in [4.69, 9.17) is 9.84 Å². The first-order chi connectivity index (χ1) is 8.65. The van der Waals surface area contributed by atoms with E-state index in [1.165, 1.54) is 11.6 Å². The van der Waals surface area contributed by atoms with Gasteiger partial charge in [-0.2, -0.15) is 5.10 Å². The molecule has 0 spiro atoms. The van der Waals surface area contributed by atoms with Gasteiger partial charge in [-0.1, -0.05) is 17.7 Å². The maximum Gasteiger partial charge on any atom is 0.356 e. The van der Waals surface area contributed by atoms with Crippen LogP contribution >= 0.6 is 0 Å². The highest BCUT2D eigenvalue weighted by atomic mass is 16.5. The van der Waals surface area contributed by atoms with Gasteiger partial charge in [-0.05, 0) is 25.1 Å². The third-order valence-electron chi connectivity index (χ3n) is 2.51. The summed E-state index contributed by atoms with van der Waals surface area (Å²) in [5, 5.41) is 15.1. The number of benzene rings is 1. The molecule has 0 saturated heterocycles. The van der Waals surface area contributed by atoms with Crippen molar-refractivity contribution < 1.29 is 14.6 Å². The third kappa shape index (κ3) is 3.10. The van der Waals surface area contributed by atoms with Gasteiger partial charge in [0.25, 0.3) is 0 Å². The fraction of sp³-hybridized carbons (Fsp3) is 0.231. The minimum atomic E-state index is -1.03. The molecular weight excluding hydrogens is 232 g/mol. The van der Waals surface area contributed by atoms with Crippen LogP contribution in [0.2, 0.25) is 0 Å². The molecule has 0 aliphatic carbocycles. The zero-order valence-electron chi connectivity index (χ0n) is 10.0. The van der Waals surface area contributed by atoms with E-state index in [1.54, 1.807) is 0 Å². The Morgan fingerprint density at radius 1 is 1.39 bits per heavy atom. The van der Waals surface area contributed by atoms with E-state index in [0.717, 1.165) is 11.4 Å². The van der Waals surface area contributed by atoms with Crippen LogP contribution in [0.5, 0.6) is 5.75 Å². The molecule has 2 aromatic rings. The number of nitrogens with zero attached hydrogens (tertiary/aromatic N) is 1. The molecule has 0 aliphatic rings. The SMILES string of the molecule is Cc1ccc(OCCc2cc(C(=O)O)n[nH]2)cc1. The summed E-state index contributed by atoms with van der Waals surface area (Å²) in [4.78, 5) is 10.6. The van der Waals surface area contributed by atoms with E-state index in [1.807, 2.05) is 31.2 Å². The molecule has 0 radical (unpaired) electrons. The Kier molecular flexibility index (Phi) is 3.62. The Bertz CT molecular complexity index is 531. The predicted octanol–water partition coefficient (Wildman–Crippen LogP) is 2.04. The van der Waals surface area contributed by atoms with Crippen LogP contribution < -0.4 is 4.74 Å². The van der Waals surface area contributed by atoms with Crippen molar-refractivity contribution in [3.8, 4) is 5.75 Å². The number of carboxylic acid groups (broad SMARTS) is 1. The molecule has 0 atom stereocenters. The average Bonchev–Trinajstić information content (AvgIpc) is 2.81. The number of ether oxygens (including phenoxy) is 1. The summed E-state index contributed by atoms with van der Waals surface area (Å²) >= 11 is 0. The number of aryl methyl sites for hydroxylation is 1. The first kappa shape index (κ1) is 12.2. The molecule has 2 N–H and O–H groups in total. The zero-order chi connectivity index (χ0) is 13.0. The molecule has 0 aliphatic heterocycles. The van der Waals surface area contributed by atoms with Crippen molar-refractivity contribution in [2.45, 2.75) is 13.3 Å². The van der Waals surface area contributed by atoms with E-state index in [2.05, 4.69) is 10.2 Å². The van der Waals surface area contributed by atoms with Gasteiger partial charge < -0.3 is 9.84 Å². The number of carboxylic acids is 1. The van der Waals surface area contributed by atoms with Gasteiger partial charge in [-0.3, -0.25) is 5.10 Å². The lowest BCUT2D eigenvalue weighted by Crippen LogP contribution is -2.01. The van der Waals surface area contributed by atoms with Crippen LogP contribution in [-0.2, 0) is 6.42 Å². The van der Waals surface area contributed by atoms with Crippen LogP contribution in [0.1, 0.15) is 21.7 Å². The fourth-order valence-corrected chi connectivity index (χ4v) is 1.51. The Hall–Kier alpha value is -2.30. The van der Waals surface area contributed by atoms with Crippen molar-refractivity contribution in [2.24, 2.45) is 0 Å². The molecule has 94 valence electrons. The van der Waals surface area contributed by atoms with Crippen LogP contribution in [0.15, 0.2) is 30.3 Å². The minimum Gasteiger partial charge on any atom is -0.493 e. The van der Waals surface area contributed by atoms with Gasteiger partial charge in [-0.15, -0.1) is 0 Å². The monoisotopic (exact) mass is 246 g/mol. The number of H-pyrrole nitrogens is 1. The van der Waals surface area contributed by atoms with Crippen molar-refractivity contribution in [2.75, 3.05) is 6.61 Å². The number of aromatic amines is 1. The topological polar surface area (TPSA) is 75.2 Å². The third-order valence-corrected chi connectivity index (χ3v) is 2.51. The summed E-state index contributed by atoms with van der Waals surface area (Å²) in [7, 11) is 0. The lowest BCUT2D eigenvalue weighted by Gasteiger charge is -2.04. The van der Waals surface area contributed by atoms with Crippen molar-refractivity contribution in [1.82, 2.24) is 10.2 Å². The molecule has 1 aromatic carbocycles. The van der Waals surface area contributed by atoms with E-state index >= 15 is 0 Å². The number of hydrogen-bond donors (Lipinski definition) is 2. The number of hydrogen-bond acceptors (Lipinski definition) is 3. The number of rotatable bonds is 5. The standard InChI is InChI=1S/C13H14N2O3/c1-9-2-4-11(5-3-9)18-7-6-10-8-12(13(16)17)15-14-10/h2-5,8H,6-7H2,1H3,(H,14,15)(H,16,17). The maximum atomic E-state index is 10.6. The Morgan fingerprint density at radius 2 is 2.11 bits per heavy atom. The normalized spacial score (nSPS) is 10.3. The van der Waals surface area contributed by atoms with Crippen LogP contribution in [0.25, 0.3) is 0 Å². The molecule has 0 bridgehead atoms. The second-order valence-electron chi connectivity index (χ2n) is 4.00. The summed E-state index contributed by atoms with van der Waals surface area (Å²) in [5.41, 5.74) is 1.96. The van der Waals surface area contributed by atoms with Crippen LogP contribution in [0.4, 0.5) is 0 Å². The van der Waals surface area contributed by atoms with E-state index in [-0.39, 0.29) is 5.69 Å². The Morgan fingerprint density at radius 3 is 2.72 bits per heavy atom. The lowest BCUT2D eigenvalue weighted by molar-refractivity contribution is 0.0690. The van der Waals surface area contributed by atoms with E-state index in [9.17, 15) is 4.79 Å². The van der Waals surface area contributed by atoms with Gasteiger partial charge in [-0.25, -0.2) is 4.79 Å². The summed E-state index contributed by atoms with van der Waals surface area (Å²) < 4.78 is 5.54. The number of aromatic carboxylic acids is 1. The van der Waals surface area contributed by atoms with Gasteiger partial charge in [0.2, 0.25) is 0 Å². The first-order valence-corrected chi connectivity index (χ1v) is 5.62. The van der Waals surface area contributed by atoms with E-state index in [0.29, 0.717) is 13.0 Å². The van der Waals surface area contributed by atoms with Gasteiger partial charge >= 0.3 is 5.97 Å². The second-order valence-corrected chi connectivity index (χ2v) is 4.00. The Labute approximate surface area is 104 Å². The highest BCUT2D eigenvalue weighted by Crippen LogP contribution is 2.11. The summed E-state index contributed by atoms with van der Waals surface area (Å²) in [5.74, 6) is -0.226. The number of carbonyl (C=O) groups is 1. The van der Waals surface area contributed by atoms with Crippen molar-refractivity contribution >= 4 is 5.97 Å². The molecule has 5 heteroatoms.